The van der Waals surface area contributed by atoms with Crippen LogP contribution in [0.1, 0.15) is 5.56 Å². The zero-order valence-electron chi connectivity index (χ0n) is 13.4. The van der Waals surface area contributed by atoms with Crippen molar-refractivity contribution in [2.75, 3.05) is 5.32 Å². The van der Waals surface area contributed by atoms with Gasteiger partial charge in [0.15, 0.2) is 5.82 Å². The highest BCUT2D eigenvalue weighted by atomic mass is 16.3. The summed E-state index contributed by atoms with van der Waals surface area (Å²) in [4.78, 5) is 13.4. The van der Waals surface area contributed by atoms with E-state index in [1.807, 2.05) is 48.7 Å². The molecule has 0 atom stereocenters. The molecule has 0 unspecified atom stereocenters. The van der Waals surface area contributed by atoms with E-state index in [1.165, 1.54) is 0 Å². The smallest absolute Gasteiger partial charge is 0.162 e. The highest BCUT2D eigenvalue weighted by Crippen LogP contribution is 2.26. The summed E-state index contributed by atoms with van der Waals surface area (Å²) >= 11 is 0. The molecule has 0 saturated heterocycles. The molecule has 4 rings (SSSR count). The lowest BCUT2D eigenvalue weighted by Crippen LogP contribution is -2.04. The lowest BCUT2D eigenvalue weighted by Gasteiger charge is -2.11. The molecule has 2 aromatic carbocycles. The molecular weight excluding hydrogens is 312 g/mol. The molecule has 4 aromatic rings. The summed E-state index contributed by atoms with van der Waals surface area (Å²) in [6.45, 7) is 0.619. The maximum absolute atomic E-state index is 9.73. The third-order valence-electron chi connectivity index (χ3n) is 3.89. The molecule has 122 valence electrons. The number of hydrogen-bond donors (Lipinski definition) is 2. The Balaban J connectivity index is 1.76. The minimum absolute atomic E-state index is 0.194. The number of benzene rings is 2. The predicted molar refractivity (Wildman–Crippen MR) is 98.2 cm³/mol. The Labute approximate surface area is 145 Å². The number of rotatable bonds is 4. The molecule has 0 spiro atoms. The summed E-state index contributed by atoms with van der Waals surface area (Å²) in [5, 5.41) is 14.1. The Bertz CT molecular complexity index is 1020. The maximum atomic E-state index is 9.73. The number of nitrogens with zero attached hydrogens (tertiary/aromatic N) is 3. The summed E-state index contributed by atoms with van der Waals surface area (Å²) in [5.74, 6) is 1.52. The van der Waals surface area contributed by atoms with Crippen LogP contribution < -0.4 is 5.32 Å². The van der Waals surface area contributed by atoms with Gasteiger partial charge in [0.2, 0.25) is 0 Å². The van der Waals surface area contributed by atoms with Gasteiger partial charge in [-0.05, 0) is 35.9 Å². The van der Waals surface area contributed by atoms with E-state index >= 15 is 0 Å². The number of nitrogens with one attached hydrogen (secondary N) is 1. The fraction of sp³-hybridized carbons (Fsp3) is 0.0500. The molecule has 0 aliphatic heterocycles. The third-order valence-corrected chi connectivity index (χ3v) is 3.89. The second-order valence-electron chi connectivity index (χ2n) is 5.68. The van der Waals surface area contributed by atoms with Crippen LogP contribution in [0.2, 0.25) is 0 Å². The molecular formula is C20H16N4O. The van der Waals surface area contributed by atoms with E-state index in [4.69, 9.17) is 0 Å². The number of phenolic OH excluding ortho intramolecular Hbond substituents is 1. The van der Waals surface area contributed by atoms with Crippen molar-refractivity contribution < 1.29 is 5.11 Å². The number of anilines is 1. The minimum atomic E-state index is 0.194. The Kier molecular flexibility index (Phi) is 3.96. The first-order valence-corrected chi connectivity index (χ1v) is 7.98. The fourth-order valence-electron chi connectivity index (χ4n) is 2.67. The lowest BCUT2D eigenvalue weighted by atomic mass is 10.1. The van der Waals surface area contributed by atoms with Crippen molar-refractivity contribution in [3.05, 3.63) is 78.6 Å². The molecule has 0 saturated carbocycles. The van der Waals surface area contributed by atoms with Gasteiger partial charge in [-0.25, -0.2) is 9.97 Å². The Morgan fingerprint density at radius 1 is 0.920 bits per heavy atom. The fourth-order valence-corrected chi connectivity index (χ4v) is 2.67. The number of aromatic hydroxyl groups is 1. The maximum Gasteiger partial charge on any atom is 0.162 e. The molecule has 5 nitrogen and oxygen atoms in total. The van der Waals surface area contributed by atoms with Gasteiger partial charge in [0, 0.05) is 29.9 Å². The first-order chi connectivity index (χ1) is 12.3. The first-order valence-electron chi connectivity index (χ1n) is 7.98. The molecule has 5 heteroatoms. The average Bonchev–Trinajstić information content (AvgIpc) is 2.67. The molecule has 0 aliphatic rings. The van der Waals surface area contributed by atoms with E-state index in [2.05, 4.69) is 20.3 Å². The van der Waals surface area contributed by atoms with Gasteiger partial charge < -0.3 is 10.4 Å². The highest BCUT2D eigenvalue weighted by molar-refractivity contribution is 5.90. The largest absolute Gasteiger partial charge is 0.508 e. The van der Waals surface area contributed by atoms with Gasteiger partial charge in [-0.15, -0.1) is 0 Å². The molecule has 0 bridgehead atoms. The molecule has 2 heterocycles. The minimum Gasteiger partial charge on any atom is -0.508 e. The van der Waals surface area contributed by atoms with E-state index < -0.39 is 0 Å². The zero-order chi connectivity index (χ0) is 17.1. The average molecular weight is 328 g/mol. The van der Waals surface area contributed by atoms with Crippen molar-refractivity contribution in [2.45, 2.75) is 6.54 Å². The van der Waals surface area contributed by atoms with Gasteiger partial charge in [-0.1, -0.05) is 30.3 Å². The van der Waals surface area contributed by atoms with Crippen LogP contribution in [-0.4, -0.2) is 20.1 Å². The highest BCUT2D eigenvalue weighted by Gasteiger charge is 2.09. The molecule has 0 amide bonds. The van der Waals surface area contributed by atoms with Gasteiger partial charge >= 0.3 is 0 Å². The van der Waals surface area contributed by atoms with Gasteiger partial charge in [-0.2, -0.15) is 0 Å². The third kappa shape index (κ3) is 3.26. The zero-order valence-corrected chi connectivity index (χ0v) is 13.4. The number of phenols is 1. The molecule has 0 fully saturated rings. The Hall–Kier alpha value is -3.47. The molecule has 0 aliphatic carbocycles. The van der Waals surface area contributed by atoms with Crippen LogP contribution in [0.25, 0.3) is 22.3 Å². The first kappa shape index (κ1) is 15.1. The quantitative estimate of drug-likeness (QED) is 0.592. The van der Waals surface area contributed by atoms with Crippen molar-refractivity contribution in [3.8, 4) is 17.1 Å². The van der Waals surface area contributed by atoms with E-state index in [1.54, 1.807) is 24.4 Å². The predicted octanol–water partition coefficient (Wildman–Crippen LogP) is 4.01. The van der Waals surface area contributed by atoms with Gasteiger partial charge in [0.25, 0.3) is 0 Å². The summed E-state index contributed by atoms with van der Waals surface area (Å²) in [7, 11) is 0. The number of fused-ring (bicyclic) bond motifs is 1. The summed E-state index contributed by atoms with van der Waals surface area (Å²) in [5.41, 5.74) is 2.70. The van der Waals surface area contributed by atoms with Crippen LogP contribution in [0, 0.1) is 0 Å². The molecule has 2 aromatic heterocycles. The number of pyridine rings is 1. The van der Waals surface area contributed by atoms with Crippen LogP contribution in [-0.2, 0) is 6.54 Å². The Morgan fingerprint density at radius 2 is 1.84 bits per heavy atom. The second-order valence-corrected chi connectivity index (χ2v) is 5.68. The van der Waals surface area contributed by atoms with E-state index in [0.29, 0.717) is 12.4 Å². The summed E-state index contributed by atoms with van der Waals surface area (Å²) in [6, 6.07) is 18.8. The van der Waals surface area contributed by atoms with Crippen molar-refractivity contribution in [1.82, 2.24) is 15.0 Å². The molecule has 25 heavy (non-hydrogen) atoms. The van der Waals surface area contributed by atoms with Gasteiger partial charge in [0.05, 0.1) is 5.52 Å². The van der Waals surface area contributed by atoms with E-state index in [0.717, 1.165) is 27.8 Å². The summed E-state index contributed by atoms with van der Waals surface area (Å²) < 4.78 is 0. The number of hydrogen-bond acceptors (Lipinski definition) is 5. The SMILES string of the molecule is Oc1cccc(-c2nc(NCc3cccnc3)c3ccccc3n2)c1. The van der Waals surface area contributed by atoms with Crippen LogP contribution in [0.3, 0.4) is 0 Å². The number of aromatic nitrogens is 3. The van der Waals surface area contributed by atoms with Crippen molar-refractivity contribution in [3.63, 3.8) is 0 Å². The van der Waals surface area contributed by atoms with Crippen LogP contribution >= 0.6 is 0 Å². The second kappa shape index (κ2) is 6.57. The molecule has 2 N–H and O–H groups in total. The van der Waals surface area contributed by atoms with Crippen LogP contribution in [0.4, 0.5) is 5.82 Å². The Morgan fingerprint density at radius 3 is 2.68 bits per heavy atom. The molecule has 0 radical (unpaired) electrons. The van der Waals surface area contributed by atoms with Crippen LogP contribution in [0.5, 0.6) is 5.75 Å². The summed E-state index contributed by atoms with van der Waals surface area (Å²) in [6.07, 6.45) is 3.58. The standard InChI is InChI=1S/C20H16N4O/c25-16-7-3-6-15(11-16)19-23-18-9-2-1-8-17(18)20(24-19)22-13-14-5-4-10-21-12-14/h1-12,25H,13H2,(H,22,23,24). The van der Waals surface area contributed by atoms with Crippen molar-refractivity contribution in [1.29, 1.82) is 0 Å². The normalized spacial score (nSPS) is 10.7. The van der Waals surface area contributed by atoms with Crippen LogP contribution in [0.15, 0.2) is 73.1 Å². The monoisotopic (exact) mass is 328 g/mol. The van der Waals surface area contributed by atoms with Crippen molar-refractivity contribution in [2.24, 2.45) is 0 Å². The van der Waals surface area contributed by atoms with E-state index in [-0.39, 0.29) is 5.75 Å². The lowest BCUT2D eigenvalue weighted by molar-refractivity contribution is 0.475. The number of para-hydroxylation sites is 1. The van der Waals surface area contributed by atoms with Gasteiger partial charge in [-0.3, -0.25) is 4.98 Å². The topological polar surface area (TPSA) is 70.9 Å². The van der Waals surface area contributed by atoms with E-state index in [9.17, 15) is 5.11 Å². The van der Waals surface area contributed by atoms with Gasteiger partial charge in [0.1, 0.15) is 11.6 Å². The van der Waals surface area contributed by atoms with Crippen molar-refractivity contribution >= 4 is 16.7 Å².